The molecular formula is C20H19ClN2O3S. The molecule has 2 atom stereocenters. The first-order valence-corrected chi connectivity index (χ1v) is 10.00. The molecule has 1 aliphatic rings. The van der Waals surface area contributed by atoms with Crippen LogP contribution in [0.25, 0.3) is 10.2 Å². The van der Waals surface area contributed by atoms with Crippen LogP contribution >= 0.6 is 22.9 Å². The summed E-state index contributed by atoms with van der Waals surface area (Å²) in [5.74, 6) is 0.465. The Labute approximate surface area is 166 Å². The molecule has 2 unspecified atom stereocenters. The molecule has 140 valence electrons. The van der Waals surface area contributed by atoms with Crippen LogP contribution in [0.1, 0.15) is 24.8 Å². The topological polar surface area (TPSA) is 60.5 Å². The highest BCUT2D eigenvalue weighted by molar-refractivity contribution is 7.20. The van der Waals surface area contributed by atoms with E-state index in [9.17, 15) is 4.79 Å². The number of rotatable bonds is 5. The molecule has 0 spiro atoms. The number of ether oxygens (including phenoxy) is 2. The molecule has 5 nitrogen and oxygen atoms in total. The van der Waals surface area contributed by atoms with E-state index in [1.54, 1.807) is 0 Å². The standard InChI is InChI=1S/C20H19ClN2O3S/c1-12(19(24)22-15-8-9-25-11-15)13-2-5-16(6-3-13)26-20-23-17-7-4-14(21)10-18(17)27-20/h2-7,10,12,15H,8-9,11H2,1H3,(H,22,24). The molecule has 1 saturated heterocycles. The highest BCUT2D eigenvalue weighted by atomic mass is 35.5. The van der Waals surface area contributed by atoms with Crippen LogP contribution in [0.2, 0.25) is 5.02 Å². The average Bonchev–Trinajstić information content (AvgIpc) is 3.30. The molecule has 2 heterocycles. The van der Waals surface area contributed by atoms with Crippen LogP contribution in [-0.2, 0) is 9.53 Å². The number of amides is 1. The van der Waals surface area contributed by atoms with Crippen molar-refractivity contribution in [2.45, 2.75) is 25.3 Å². The van der Waals surface area contributed by atoms with Crippen molar-refractivity contribution in [2.24, 2.45) is 0 Å². The van der Waals surface area contributed by atoms with Crippen molar-refractivity contribution in [3.63, 3.8) is 0 Å². The highest BCUT2D eigenvalue weighted by Crippen LogP contribution is 2.33. The molecule has 0 saturated carbocycles. The summed E-state index contributed by atoms with van der Waals surface area (Å²) in [5, 5.41) is 4.28. The first-order valence-electron chi connectivity index (χ1n) is 8.80. The van der Waals surface area contributed by atoms with Crippen molar-refractivity contribution in [1.82, 2.24) is 10.3 Å². The van der Waals surface area contributed by atoms with E-state index in [0.29, 0.717) is 29.2 Å². The Morgan fingerprint density at radius 2 is 2.15 bits per heavy atom. The van der Waals surface area contributed by atoms with Crippen molar-refractivity contribution in [2.75, 3.05) is 13.2 Å². The van der Waals surface area contributed by atoms with E-state index in [0.717, 1.165) is 22.2 Å². The van der Waals surface area contributed by atoms with E-state index in [2.05, 4.69) is 10.3 Å². The monoisotopic (exact) mass is 402 g/mol. The molecule has 1 fully saturated rings. The molecule has 0 bridgehead atoms. The third-order valence-corrected chi connectivity index (χ3v) is 5.72. The predicted octanol–water partition coefficient (Wildman–Crippen LogP) is 4.75. The zero-order valence-electron chi connectivity index (χ0n) is 14.8. The molecule has 1 aliphatic heterocycles. The molecule has 1 N–H and O–H groups in total. The van der Waals surface area contributed by atoms with Crippen LogP contribution in [0.4, 0.5) is 0 Å². The first-order chi connectivity index (χ1) is 13.1. The van der Waals surface area contributed by atoms with Crippen molar-refractivity contribution in [3.8, 4) is 10.9 Å². The molecular weight excluding hydrogens is 384 g/mol. The van der Waals surface area contributed by atoms with E-state index in [4.69, 9.17) is 21.1 Å². The number of nitrogens with one attached hydrogen (secondary N) is 1. The molecule has 2 aromatic carbocycles. The Hall–Kier alpha value is -2.15. The number of nitrogens with zero attached hydrogens (tertiary/aromatic N) is 1. The lowest BCUT2D eigenvalue weighted by molar-refractivity contribution is -0.122. The second-order valence-corrected chi connectivity index (χ2v) is 7.98. The number of carbonyl (C=O) groups is 1. The van der Waals surface area contributed by atoms with Crippen LogP contribution in [0.5, 0.6) is 10.9 Å². The van der Waals surface area contributed by atoms with E-state index < -0.39 is 0 Å². The van der Waals surface area contributed by atoms with Gasteiger partial charge in [-0.1, -0.05) is 35.1 Å². The lowest BCUT2D eigenvalue weighted by Gasteiger charge is -2.16. The minimum absolute atomic E-state index is 0.0159. The van der Waals surface area contributed by atoms with Gasteiger partial charge in [0.05, 0.1) is 28.8 Å². The van der Waals surface area contributed by atoms with Gasteiger partial charge >= 0.3 is 0 Å². The summed E-state index contributed by atoms with van der Waals surface area (Å²) in [7, 11) is 0. The summed E-state index contributed by atoms with van der Waals surface area (Å²) in [6, 6.07) is 13.2. The normalized spacial score (nSPS) is 17.8. The number of halogens is 1. The second-order valence-electron chi connectivity index (χ2n) is 6.55. The highest BCUT2D eigenvalue weighted by Gasteiger charge is 2.22. The van der Waals surface area contributed by atoms with Crippen molar-refractivity contribution >= 4 is 39.1 Å². The van der Waals surface area contributed by atoms with Crippen LogP contribution in [-0.4, -0.2) is 30.1 Å². The lowest BCUT2D eigenvalue weighted by Crippen LogP contribution is -2.37. The minimum Gasteiger partial charge on any atom is -0.431 e. The molecule has 27 heavy (non-hydrogen) atoms. The van der Waals surface area contributed by atoms with Gasteiger partial charge < -0.3 is 14.8 Å². The zero-order chi connectivity index (χ0) is 18.8. The molecule has 1 amide bonds. The third kappa shape index (κ3) is 4.24. The molecule has 7 heteroatoms. The molecule has 1 aromatic heterocycles. The van der Waals surface area contributed by atoms with Gasteiger partial charge in [0, 0.05) is 11.6 Å². The SMILES string of the molecule is CC(C(=O)NC1CCOC1)c1ccc(Oc2nc3ccc(Cl)cc3s2)cc1. The van der Waals surface area contributed by atoms with Gasteiger partial charge in [0.25, 0.3) is 5.19 Å². The molecule has 4 rings (SSSR count). The number of fused-ring (bicyclic) bond motifs is 1. The van der Waals surface area contributed by atoms with Gasteiger partial charge in [-0.25, -0.2) is 4.98 Å². The van der Waals surface area contributed by atoms with Gasteiger partial charge in [-0.15, -0.1) is 0 Å². The number of benzene rings is 2. The number of hydrogen-bond acceptors (Lipinski definition) is 5. The van der Waals surface area contributed by atoms with Crippen molar-refractivity contribution < 1.29 is 14.3 Å². The smallest absolute Gasteiger partial charge is 0.279 e. The van der Waals surface area contributed by atoms with Crippen LogP contribution in [0.3, 0.4) is 0 Å². The van der Waals surface area contributed by atoms with E-state index in [1.165, 1.54) is 11.3 Å². The Morgan fingerprint density at radius 3 is 2.89 bits per heavy atom. The summed E-state index contributed by atoms with van der Waals surface area (Å²) in [6.45, 7) is 3.21. The number of carbonyl (C=O) groups excluding carboxylic acids is 1. The maximum absolute atomic E-state index is 12.4. The maximum atomic E-state index is 12.4. The van der Waals surface area contributed by atoms with Gasteiger partial charge in [-0.05, 0) is 49.2 Å². The van der Waals surface area contributed by atoms with Crippen LogP contribution < -0.4 is 10.1 Å². The van der Waals surface area contributed by atoms with Gasteiger partial charge in [0.1, 0.15) is 5.75 Å². The number of hydrogen-bond donors (Lipinski definition) is 1. The number of thiazole rings is 1. The van der Waals surface area contributed by atoms with E-state index >= 15 is 0 Å². The molecule has 0 radical (unpaired) electrons. The van der Waals surface area contributed by atoms with E-state index in [-0.39, 0.29) is 17.9 Å². The van der Waals surface area contributed by atoms with Crippen LogP contribution in [0, 0.1) is 0 Å². The fourth-order valence-corrected chi connectivity index (χ4v) is 4.08. The summed E-state index contributed by atoms with van der Waals surface area (Å²) >= 11 is 7.46. The first kappa shape index (κ1) is 18.2. The molecule has 3 aromatic rings. The lowest BCUT2D eigenvalue weighted by atomic mass is 10.00. The average molecular weight is 403 g/mol. The molecule has 0 aliphatic carbocycles. The summed E-state index contributed by atoms with van der Waals surface area (Å²) < 4.78 is 12.1. The zero-order valence-corrected chi connectivity index (χ0v) is 16.3. The Morgan fingerprint density at radius 1 is 1.33 bits per heavy atom. The Kier molecular flexibility index (Phi) is 5.29. The number of aromatic nitrogens is 1. The fourth-order valence-electron chi connectivity index (χ4n) is 2.97. The minimum atomic E-state index is -0.232. The maximum Gasteiger partial charge on any atom is 0.279 e. The summed E-state index contributed by atoms with van der Waals surface area (Å²) in [6.07, 6.45) is 0.874. The second kappa shape index (κ2) is 7.84. The fraction of sp³-hybridized carbons (Fsp3) is 0.300. The largest absolute Gasteiger partial charge is 0.431 e. The third-order valence-electron chi connectivity index (χ3n) is 4.59. The predicted molar refractivity (Wildman–Crippen MR) is 107 cm³/mol. The van der Waals surface area contributed by atoms with E-state index in [1.807, 2.05) is 49.4 Å². The summed E-state index contributed by atoms with van der Waals surface area (Å²) in [4.78, 5) is 16.8. The van der Waals surface area contributed by atoms with Crippen LogP contribution in [0.15, 0.2) is 42.5 Å². The van der Waals surface area contributed by atoms with Gasteiger partial charge in [0.2, 0.25) is 5.91 Å². The summed E-state index contributed by atoms with van der Waals surface area (Å²) in [5.41, 5.74) is 1.80. The van der Waals surface area contributed by atoms with Crippen molar-refractivity contribution in [3.05, 3.63) is 53.1 Å². The Bertz CT molecular complexity index is 952. The van der Waals surface area contributed by atoms with Gasteiger partial charge in [-0.3, -0.25) is 4.79 Å². The van der Waals surface area contributed by atoms with Gasteiger partial charge in [0.15, 0.2) is 0 Å². The van der Waals surface area contributed by atoms with Gasteiger partial charge in [-0.2, -0.15) is 0 Å². The van der Waals surface area contributed by atoms with Crippen molar-refractivity contribution in [1.29, 1.82) is 0 Å². The quantitative estimate of drug-likeness (QED) is 0.669. The Balaban J connectivity index is 1.42.